The molecule has 1 fully saturated rings. The van der Waals surface area contributed by atoms with Crippen LogP contribution in [-0.2, 0) is 32.6 Å². The predicted molar refractivity (Wildman–Crippen MR) is 161 cm³/mol. The van der Waals surface area contributed by atoms with Gasteiger partial charge in [-0.25, -0.2) is 8.42 Å². The van der Waals surface area contributed by atoms with Crippen molar-refractivity contribution in [2.45, 2.75) is 78.8 Å². The van der Waals surface area contributed by atoms with E-state index in [1.54, 1.807) is 0 Å². The third-order valence-corrected chi connectivity index (χ3v) is 9.80. The third kappa shape index (κ3) is 9.44. The fourth-order valence-corrected chi connectivity index (χ4v) is 6.69. The van der Waals surface area contributed by atoms with Crippen LogP contribution in [0.1, 0.15) is 69.6 Å². The fraction of sp³-hybridized carbons (Fsp3) is 0.562. The van der Waals surface area contributed by atoms with Gasteiger partial charge in [-0.2, -0.15) is 4.31 Å². The molecule has 7 nitrogen and oxygen atoms in total. The molecule has 1 aliphatic heterocycles. The first-order valence-electron chi connectivity index (χ1n) is 14.7. The predicted octanol–water partition coefficient (Wildman–Crippen LogP) is 5.04. The number of sulfonamides is 1. The highest BCUT2D eigenvalue weighted by molar-refractivity contribution is 7.89. The largest absolute Gasteiger partial charge is 0.343 e. The van der Waals surface area contributed by atoms with Crippen molar-refractivity contribution in [3.8, 4) is 0 Å². The van der Waals surface area contributed by atoms with E-state index in [2.05, 4.69) is 13.8 Å². The zero-order valence-corrected chi connectivity index (χ0v) is 25.5. The Labute approximate surface area is 241 Å². The second-order valence-electron chi connectivity index (χ2n) is 11.4. The van der Waals surface area contributed by atoms with E-state index in [1.807, 2.05) is 78.2 Å². The summed E-state index contributed by atoms with van der Waals surface area (Å²) in [6, 6.07) is 18.0. The van der Waals surface area contributed by atoms with Gasteiger partial charge in [-0.1, -0.05) is 75.4 Å². The van der Waals surface area contributed by atoms with Crippen molar-refractivity contribution in [1.29, 1.82) is 0 Å². The van der Waals surface area contributed by atoms with Crippen molar-refractivity contribution in [2.24, 2.45) is 5.92 Å². The first-order valence-corrected chi connectivity index (χ1v) is 16.3. The van der Waals surface area contributed by atoms with Crippen molar-refractivity contribution in [3.05, 3.63) is 71.3 Å². The fourth-order valence-electron chi connectivity index (χ4n) is 5.22. The molecule has 3 rings (SSSR count). The lowest BCUT2D eigenvalue weighted by Gasteiger charge is -2.39. The number of carbonyl (C=O) groups excluding carboxylic acids is 2. The lowest BCUT2D eigenvalue weighted by atomic mass is 10.00. The van der Waals surface area contributed by atoms with Crippen molar-refractivity contribution >= 4 is 21.8 Å². The maximum absolute atomic E-state index is 13.9. The highest BCUT2D eigenvalue weighted by Gasteiger charge is 2.32. The molecular weight excluding hydrogens is 522 g/mol. The summed E-state index contributed by atoms with van der Waals surface area (Å²) in [6.07, 6.45) is 3.78. The van der Waals surface area contributed by atoms with Gasteiger partial charge in [0.2, 0.25) is 21.8 Å². The molecule has 0 N–H and O–H groups in total. The molecule has 0 aliphatic carbocycles. The van der Waals surface area contributed by atoms with Crippen molar-refractivity contribution in [3.63, 3.8) is 0 Å². The van der Waals surface area contributed by atoms with Gasteiger partial charge in [0, 0.05) is 38.6 Å². The van der Waals surface area contributed by atoms with E-state index in [-0.39, 0.29) is 30.2 Å². The SMILES string of the molecule is CCCS(=O)(=O)N(CCC(C)C)CC(=O)N(Cc1ccccc1C)C1CCN(C(=O)CCc2ccccc2)CC1. The van der Waals surface area contributed by atoms with Crippen molar-refractivity contribution < 1.29 is 18.0 Å². The summed E-state index contributed by atoms with van der Waals surface area (Å²) in [7, 11) is -3.52. The van der Waals surface area contributed by atoms with Gasteiger partial charge in [0.1, 0.15) is 0 Å². The van der Waals surface area contributed by atoms with Crippen LogP contribution >= 0.6 is 0 Å². The lowest BCUT2D eigenvalue weighted by Crippen LogP contribution is -2.51. The summed E-state index contributed by atoms with van der Waals surface area (Å²) in [5.74, 6) is 0.353. The Morgan fingerprint density at radius 2 is 1.65 bits per heavy atom. The number of aryl methyl sites for hydroxylation is 2. The third-order valence-electron chi connectivity index (χ3n) is 7.77. The van der Waals surface area contributed by atoms with Gasteiger partial charge in [0.15, 0.2) is 0 Å². The molecule has 0 atom stereocenters. The van der Waals surface area contributed by atoms with E-state index in [0.29, 0.717) is 64.2 Å². The van der Waals surface area contributed by atoms with E-state index in [0.717, 1.165) is 23.1 Å². The Hall–Kier alpha value is -2.71. The summed E-state index contributed by atoms with van der Waals surface area (Å²) in [6.45, 7) is 9.84. The van der Waals surface area contributed by atoms with Crippen molar-refractivity contribution in [1.82, 2.24) is 14.1 Å². The maximum Gasteiger partial charge on any atom is 0.238 e. The van der Waals surface area contributed by atoms with Gasteiger partial charge < -0.3 is 9.80 Å². The molecule has 2 aromatic rings. The first-order chi connectivity index (χ1) is 19.1. The van der Waals surface area contributed by atoms with Gasteiger partial charge in [0.25, 0.3) is 0 Å². The molecule has 2 amide bonds. The molecule has 1 heterocycles. The minimum Gasteiger partial charge on any atom is -0.343 e. The molecule has 8 heteroatoms. The van der Waals surface area contributed by atoms with Crippen LogP contribution in [0.2, 0.25) is 0 Å². The average molecular weight is 570 g/mol. The standard InChI is InChI=1S/C32H47N3O4S/c1-5-23-40(38,39)34(22-17-26(2)3)25-32(37)35(24-29-14-10-9-11-27(29)4)30-18-20-33(21-19-30)31(36)16-15-28-12-7-6-8-13-28/h6-14,26,30H,5,15-25H2,1-4H3. The van der Waals surface area contributed by atoms with Gasteiger partial charge >= 0.3 is 0 Å². The summed E-state index contributed by atoms with van der Waals surface area (Å²) < 4.78 is 27.6. The Balaban J connectivity index is 1.72. The van der Waals surface area contributed by atoms with Crippen LogP contribution < -0.4 is 0 Å². The Morgan fingerprint density at radius 1 is 1.00 bits per heavy atom. The van der Waals surface area contributed by atoms with E-state index < -0.39 is 10.0 Å². The van der Waals surface area contributed by atoms with Crippen LogP contribution in [-0.4, -0.2) is 72.3 Å². The highest BCUT2D eigenvalue weighted by Crippen LogP contribution is 2.23. The zero-order chi connectivity index (χ0) is 29.1. The van der Waals surface area contributed by atoms with E-state index in [9.17, 15) is 18.0 Å². The number of benzene rings is 2. The smallest absolute Gasteiger partial charge is 0.238 e. The lowest BCUT2D eigenvalue weighted by molar-refractivity contribution is -0.137. The molecule has 0 unspecified atom stereocenters. The number of rotatable bonds is 14. The van der Waals surface area contributed by atoms with E-state index in [4.69, 9.17) is 0 Å². The number of amides is 2. The summed E-state index contributed by atoms with van der Waals surface area (Å²) >= 11 is 0. The monoisotopic (exact) mass is 569 g/mol. The molecule has 40 heavy (non-hydrogen) atoms. The number of hydrogen-bond donors (Lipinski definition) is 0. The van der Waals surface area contributed by atoms with E-state index >= 15 is 0 Å². The summed E-state index contributed by atoms with van der Waals surface area (Å²) in [5, 5.41) is 0. The van der Waals surface area contributed by atoms with E-state index in [1.165, 1.54) is 4.31 Å². The summed E-state index contributed by atoms with van der Waals surface area (Å²) in [5.41, 5.74) is 3.31. The van der Waals surface area contributed by atoms with Gasteiger partial charge in [-0.3, -0.25) is 9.59 Å². The van der Waals surface area contributed by atoms with Gasteiger partial charge in [-0.15, -0.1) is 0 Å². The number of hydrogen-bond acceptors (Lipinski definition) is 4. The Kier molecular flexibility index (Phi) is 12.2. The molecule has 0 bridgehead atoms. The summed E-state index contributed by atoms with van der Waals surface area (Å²) in [4.78, 5) is 30.6. The molecule has 0 aromatic heterocycles. The first kappa shape index (κ1) is 31.8. The number of likely N-dealkylation sites (tertiary alicyclic amines) is 1. The molecule has 0 spiro atoms. The molecule has 220 valence electrons. The quantitative estimate of drug-likeness (QED) is 0.320. The van der Waals surface area contributed by atoms with Crippen LogP contribution in [0.3, 0.4) is 0 Å². The number of nitrogens with zero attached hydrogens (tertiary/aromatic N) is 3. The normalized spacial score (nSPS) is 14.6. The maximum atomic E-state index is 13.9. The number of carbonyl (C=O) groups is 2. The average Bonchev–Trinajstić information content (AvgIpc) is 2.94. The second kappa shape index (κ2) is 15.3. The zero-order valence-electron chi connectivity index (χ0n) is 24.7. The topological polar surface area (TPSA) is 78.0 Å². The van der Waals surface area contributed by atoms with Crippen LogP contribution in [0.4, 0.5) is 0 Å². The second-order valence-corrected chi connectivity index (χ2v) is 13.5. The highest BCUT2D eigenvalue weighted by atomic mass is 32.2. The van der Waals surface area contributed by atoms with Gasteiger partial charge in [-0.05, 0) is 61.6 Å². The van der Waals surface area contributed by atoms with Crippen molar-refractivity contribution in [2.75, 3.05) is 31.9 Å². The van der Waals surface area contributed by atoms with Crippen LogP contribution in [0.25, 0.3) is 0 Å². The molecule has 0 saturated carbocycles. The molecular formula is C32H47N3O4S. The molecule has 2 aromatic carbocycles. The molecule has 0 radical (unpaired) electrons. The Morgan fingerprint density at radius 3 is 2.27 bits per heavy atom. The molecule has 1 saturated heterocycles. The van der Waals surface area contributed by atoms with Crippen LogP contribution in [0.5, 0.6) is 0 Å². The molecule has 1 aliphatic rings. The number of piperidine rings is 1. The Bertz CT molecular complexity index is 1190. The van der Waals surface area contributed by atoms with Gasteiger partial charge in [0.05, 0.1) is 12.3 Å². The van der Waals surface area contributed by atoms with Crippen LogP contribution in [0, 0.1) is 12.8 Å². The van der Waals surface area contributed by atoms with Crippen LogP contribution in [0.15, 0.2) is 54.6 Å². The minimum atomic E-state index is -3.52. The minimum absolute atomic E-state index is 0.0413.